The van der Waals surface area contributed by atoms with E-state index in [1.54, 1.807) is 12.1 Å². The topological polar surface area (TPSA) is 29.5 Å². The SMILES string of the molecule is O=C(Cc1ccc(Br)cc1F)C1CN2CCCC2CO1. The summed E-state index contributed by atoms with van der Waals surface area (Å²) < 4.78 is 20.1. The summed E-state index contributed by atoms with van der Waals surface area (Å²) in [6.45, 7) is 2.32. The lowest BCUT2D eigenvalue weighted by molar-refractivity contribution is -0.137. The molecular formula is C15H17BrFNO2. The van der Waals surface area contributed by atoms with Crippen LogP contribution < -0.4 is 0 Å². The first-order chi connectivity index (χ1) is 9.63. The lowest BCUT2D eigenvalue weighted by Gasteiger charge is -2.34. The highest BCUT2D eigenvalue weighted by Gasteiger charge is 2.35. The van der Waals surface area contributed by atoms with E-state index in [1.807, 2.05) is 0 Å². The highest BCUT2D eigenvalue weighted by molar-refractivity contribution is 9.10. The van der Waals surface area contributed by atoms with Crippen LogP contribution in [0.1, 0.15) is 18.4 Å². The van der Waals surface area contributed by atoms with Gasteiger partial charge < -0.3 is 4.74 Å². The number of hydrogen-bond acceptors (Lipinski definition) is 3. The Balaban J connectivity index is 1.64. The quantitative estimate of drug-likeness (QED) is 0.846. The van der Waals surface area contributed by atoms with Crippen LogP contribution >= 0.6 is 15.9 Å². The zero-order valence-corrected chi connectivity index (χ0v) is 12.7. The maximum Gasteiger partial charge on any atom is 0.167 e. The Kier molecular flexibility index (Phi) is 4.19. The smallest absolute Gasteiger partial charge is 0.167 e. The van der Waals surface area contributed by atoms with Gasteiger partial charge in [-0.2, -0.15) is 0 Å². The monoisotopic (exact) mass is 341 g/mol. The number of hydrogen-bond donors (Lipinski definition) is 0. The van der Waals surface area contributed by atoms with Gasteiger partial charge in [0.2, 0.25) is 0 Å². The third kappa shape index (κ3) is 2.95. The Hall–Kier alpha value is -0.780. The van der Waals surface area contributed by atoms with Crippen LogP contribution in [0.4, 0.5) is 4.39 Å². The second-order valence-corrected chi connectivity index (χ2v) is 6.41. The lowest BCUT2D eigenvalue weighted by atomic mass is 10.0. The van der Waals surface area contributed by atoms with Gasteiger partial charge in [0.05, 0.1) is 6.61 Å². The highest BCUT2D eigenvalue weighted by atomic mass is 79.9. The first kappa shape index (κ1) is 14.2. The molecule has 1 aromatic rings. The summed E-state index contributed by atoms with van der Waals surface area (Å²) in [7, 11) is 0. The van der Waals surface area contributed by atoms with Crippen molar-refractivity contribution in [3.8, 4) is 0 Å². The molecule has 2 aliphatic rings. The van der Waals surface area contributed by atoms with E-state index in [2.05, 4.69) is 20.8 Å². The van der Waals surface area contributed by atoms with Gasteiger partial charge in [-0.3, -0.25) is 9.69 Å². The summed E-state index contributed by atoms with van der Waals surface area (Å²) in [5, 5.41) is 0. The van der Waals surface area contributed by atoms with Gasteiger partial charge in [-0.25, -0.2) is 4.39 Å². The first-order valence-corrected chi connectivity index (χ1v) is 7.75. The van der Waals surface area contributed by atoms with E-state index in [0.29, 0.717) is 29.2 Å². The Morgan fingerprint density at radius 3 is 3.15 bits per heavy atom. The molecule has 0 aromatic heterocycles. The molecule has 2 unspecified atom stereocenters. The number of ether oxygens (including phenoxy) is 1. The van der Waals surface area contributed by atoms with E-state index in [1.165, 1.54) is 12.5 Å². The largest absolute Gasteiger partial charge is 0.367 e. The average molecular weight is 342 g/mol. The van der Waals surface area contributed by atoms with Gasteiger partial charge >= 0.3 is 0 Å². The third-order valence-electron chi connectivity index (χ3n) is 4.13. The van der Waals surface area contributed by atoms with Crippen LogP contribution in [-0.4, -0.2) is 42.5 Å². The van der Waals surface area contributed by atoms with Gasteiger partial charge in [-0.1, -0.05) is 22.0 Å². The predicted molar refractivity (Wildman–Crippen MR) is 77.1 cm³/mol. The summed E-state index contributed by atoms with van der Waals surface area (Å²) >= 11 is 3.21. The molecule has 0 aliphatic carbocycles. The van der Waals surface area contributed by atoms with Crippen LogP contribution in [0.15, 0.2) is 22.7 Å². The normalized spacial score (nSPS) is 26.5. The number of benzene rings is 1. The first-order valence-electron chi connectivity index (χ1n) is 6.96. The summed E-state index contributed by atoms with van der Waals surface area (Å²) in [6.07, 6.45) is 2.02. The van der Waals surface area contributed by atoms with Gasteiger partial charge in [0.15, 0.2) is 5.78 Å². The number of carbonyl (C=O) groups is 1. The van der Waals surface area contributed by atoms with E-state index in [-0.39, 0.29) is 18.0 Å². The molecule has 2 atom stereocenters. The van der Waals surface area contributed by atoms with Crippen LogP contribution in [0, 0.1) is 5.82 Å². The number of Topliss-reactive ketones (excluding diaryl/α,β-unsaturated/α-hetero) is 1. The highest BCUT2D eigenvalue weighted by Crippen LogP contribution is 2.24. The number of carbonyl (C=O) groups excluding carboxylic acids is 1. The molecule has 2 heterocycles. The fourth-order valence-electron chi connectivity index (χ4n) is 2.98. The Bertz CT molecular complexity index is 523. The molecule has 3 rings (SSSR count). The number of fused-ring (bicyclic) bond motifs is 1. The molecule has 20 heavy (non-hydrogen) atoms. The van der Waals surface area contributed by atoms with Crippen molar-refractivity contribution in [1.82, 2.24) is 4.90 Å². The van der Waals surface area contributed by atoms with Crippen molar-refractivity contribution in [3.63, 3.8) is 0 Å². The molecule has 0 amide bonds. The van der Waals surface area contributed by atoms with Gasteiger partial charge in [0, 0.05) is 23.5 Å². The molecule has 0 N–H and O–H groups in total. The molecule has 108 valence electrons. The Labute approximate surface area is 126 Å². The number of nitrogens with zero attached hydrogens (tertiary/aromatic N) is 1. The zero-order valence-electron chi connectivity index (χ0n) is 11.1. The van der Waals surface area contributed by atoms with Crippen LogP contribution in [-0.2, 0) is 16.0 Å². The Morgan fingerprint density at radius 2 is 2.35 bits per heavy atom. The number of rotatable bonds is 3. The summed E-state index contributed by atoms with van der Waals surface area (Å²) in [5.74, 6) is -0.376. The van der Waals surface area contributed by atoms with Crippen LogP contribution in [0.25, 0.3) is 0 Å². The Morgan fingerprint density at radius 1 is 1.50 bits per heavy atom. The molecule has 0 spiro atoms. The summed E-state index contributed by atoms with van der Waals surface area (Å²) in [4.78, 5) is 14.6. The standard InChI is InChI=1S/C15H17BrFNO2/c16-11-4-3-10(13(17)7-11)6-14(19)15-8-18-5-1-2-12(18)9-20-15/h3-4,7,12,15H,1-2,5-6,8-9H2. The van der Waals surface area contributed by atoms with Gasteiger partial charge in [0.1, 0.15) is 11.9 Å². The molecule has 3 nitrogen and oxygen atoms in total. The predicted octanol–water partition coefficient (Wildman–Crippen LogP) is 2.56. The fraction of sp³-hybridized carbons (Fsp3) is 0.533. The molecule has 0 radical (unpaired) electrons. The average Bonchev–Trinajstić information content (AvgIpc) is 2.89. The van der Waals surface area contributed by atoms with E-state index < -0.39 is 6.10 Å². The van der Waals surface area contributed by atoms with Crippen molar-refractivity contribution < 1.29 is 13.9 Å². The van der Waals surface area contributed by atoms with Crippen molar-refractivity contribution in [3.05, 3.63) is 34.1 Å². The van der Waals surface area contributed by atoms with Gasteiger partial charge in [-0.05, 0) is 37.1 Å². The molecular weight excluding hydrogens is 325 g/mol. The number of morpholine rings is 1. The summed E-state index contributed by atoms with van der Waals surface area (Å²) in [5.41, 5.74) is 0.436. The number of halogens is 2. The van der Waals surface area contributed by atoms with Crippen LogP contribution in [0.5, 0.6) is 0 Å². The van der Waals surface area contributed by atoms with Crippen molar-refractivity contribution in [2.24, 2.45) is 0 Å². The second-order valence-electron chi connectivity index (χ2n) is 5.49. The minimum atomic E-state index is -0.410. The fourth-order valence-corrected chi connectivity index (χ4v) is 3.31. The van der Waals surface area contributed by atoms with E-state index in [0.717, 1.165) is 13.0 Å². The molecule has 2 aliphatic heterocycles. The second kappa shape index (κ2) is 5.92. The molecule has 1 aromatic carbocycles. The van der Waals surface area contributed by atoms with Gasteiger partial charge in [0.25, 0.3) is 0 Å². The maximum atomic E-state index is 13.8. The summed E-state index contributed by atoms with van der Waals surface area (Å²) in [6, 6.07) is 5.27. The van der Waals surface area contributed by atoms with E-state index in [4.69, 9.17) is 4.74 Å². The molecule has 2 fully saturated rings. The minimum absolute atomic E-state index is 0.0310. The minimum Gasteiger partial charge on any atom is -0.367 e. The van der Waals surface area contributed by atoms with Crippen LogP contribution in [0.2, 0.25) is 0 Å². The van der Waals surface area contributed by atoms with Crippen molar-refractivity contribution >= 4 is 21.7 Å². The molecule has 2 saturated heterocycles. The lowest BCUT2D eigenvalue weighted by Crippen LogP contribution is -2.49. The molecule has 0 bridgehead atoms. The molecule has 5 heteroatoms. The van der Waals surface area contributed by atoms with Crippen LogP contribution in [0.3, 0.4) is 0 Å². The van der Waals surface area contributed by atoms with Gasteiger partial charge in [-0.15, -0.1) is 0 Å². The number of ketones is 1. The maximum absolute atomic E-state index is 13.8. The van der Waals surface area contributed by atoms with E-state index in [9.17, 15) is 9.18 Å². The van der Waals surface area contributed by atoms with Crippen molar-refractivity contribution in [1.29, 1.82) is 0 Å². The van der Waals surface area contributed by atoms with Crippen molar-refractivity contribution in [2.45, 2.75) is 31.4 Å². The zero-order chi connectivity index (χ0) is 14.1. The van der Waals surface area contributed by atoms with E-state index >= 15 is 0 Å². The molecule has 0 saturated carbocycles. The third-order valence-corrected chi connectivity index (χ3v) is 4.62. The van der Waals surface area contributed by atoms with Crippen molar-refractivity contribution in [2.75, 3.05) is 19.7 Å².